The van der Waals surface area contributed by atoms with Crippen LogP contribution in [0.3, 0.4) is 0 Å². The maximum absolute atomic E-state index is 10.3. The third kappa shape index (κ3) is 5.68. The van der Waals surface area contributed by atoms with Crippen molar-refractivity contribution in [2.24, 2.45) is 4.99 Å². The van der Waals surface area contributed by atoms with Crippen LogP contribution in [0.4, 0.5) is 0 Å². The van der Waals surface area contributed by atoms with Crippen LogP contribution in [0.5, 0.6) is 23.3 Å². The van der Waals surface area contributed by atoms with Crippen molar-refractivity contribution >= 4 is 17.7 Å². The lowest BCUT2D eigenvalue weighted by molar-refractivity contribution is -0.159. The van der Waals surface area contributed by atoms with Crippen molar-refractivity contribution in [2.75, 3.05) is 27.9 Å². The molecule has 1 aliphatic carbocycles. The van der Waals surface area contributed by atoms with Crippen molar-refractivity contribution in [3.8, 4) is 23.3 Å². The fourth-order valence-electron chi connectivity index (χ4n) is 4.46. The molecule has 1 aromatic heterocycles. The predicted octanol–water partition coefficient (Wildman–Crippen LogP) is 2.51. The highest BCUT2D eigenvalue weighted by Crippen LogP contribution is 2.45. The molecule has 0 saturated heterocycles. The number of nitrogens with zero attached hydrogens (tertiary/aromatic N) is 2. The Bertz CT molecular complexity index is 1140. The number of aliphatic imine (C=N–C) groups is 1. The van der Waals surface area contributed by atoms with Gasteiger partial charge in [0.2, 0.25) is 11.8 Å². The number of benzene rings is 1. The van der Waals surface area contributed by atoms with Crippen LogP contribution < -0.4 is 18.9 Å². The van der Waals surface area contributed by atoms with Crippen LogP contribution >= 0.6 is 0 Å². The van der Waals surface area contributed by atoms with Crippen LogP contribution in [-0.4, -0.2) is 78.0 Å². The minimum Gasteiger partial charge on any atom is -0.493 e. The molecule has 194 valence electrons. The van der Waals surface area contributed by atoms with E-state index in [4.69, 9.17) is 43.7 Å². The molecule has 0 radical (unpaired) electrons. The molecule has 3 atom stereocenters. The SMILES string of the molecule is CCOc1cc2c(cc1OC)C(c1ccc(OC)nc1OC)=N[C@@H]1CC[C@@H](O)C[C@H]21.O=C(O)C(=O)O. The third-order valence-corrected chi connectivity index (χ3v) is 6.05. The number of carbonyl (C=O) groups is 2. The summed E-state index contributed by atoms with van der Waals surface area (Å²) in [5.41, 5.74) is 3.69. The van der Waals surface area contributed by atoms with Crippen LogP contribution in [-0.2, 0) is 9.59 Å². The van der Waals surface area contributed by atoms with E-state index in [-0.39, 0.29) is 18.1 Å². The first-order valence-corrected chi connectivity index (χ1v) is 11.4. The average Bonchev–Trinajstić information content (AvgIpc) is 2.88. The van der Waals surface area contributed by atoms with E-state index in [1.807, 2.05) is 31.2 Å². The zero-order valence-corrected chi connectivity index (χ0v) is 20.6. The Hall–Kier alpha value is -3.86. The summed E-state index contributed by atoms with van der Waals surface area (Å²) < 4.78 is 22.2. The number of aliphatic carboxylic acids is 2. The summed E-state index contributed by atoms with van der Waals surface area (Å²) in [5, 5.41) is 25.1. The molecule has 1 aliphatic heterocycles. The van der Waals surface area contributed by atoms with E-state index in [1.54, 1.807) is 21.3 Å². The maximum Gasteiger partial charge on any atom is 0.414 e. The highest BCUT2D eigenvalue weighted by Gasteiger charge is 2.38. The molecular formula is C25H30N2O9. The number of methoxy groups -OCH3 is 3. The lowest BCUT2D eigenvalue weighted by Crippen LogP contribution is -2.34. The van der Waals surface area contributed by atoms with Gasteiger partial charge in [0, 0.05) is 17.5 Å². The minimum absolute atomic E-state index is 0.0885. The largest absolute Gasteiger partial charge is 0.493 e. The van der Waals surface area contributed by atoms with Gasteiger partial charge in [-0.25, -0.2) is 9.59 Å². The number of ether oxygens (including phenoxy) is 4. The third-order valence-electron chi connectivity index (χ3n) is 6.05. The molecule has 0 amide bonds. The second-order valence-electron chi connectivity index (χ2n) is 8.16. The Kier molecular flexibility index (Phi) is 8.70. The molecule has 36 heavy (non-hydrogen) atoms. The summed E-state index contributed by atoms with van der Waals surface area (Å²) in [6.45, 7) is 2.50. The number of aromatic nitrogens is 1. The molecule has 2 aromatic rings. The van der Waals surface area contributed by atoms with Crippen LogP contribution in [0.25, 0.3) is 0 Å². The molecule has 0 spiro atoms. The van der Waals surface area contributed by atoms with Crippen molar-refractivity contribution in [1.29, 1.82) is 0 Å². The summed E-state index contributed by atoms with van der Waals surface area (Å²) in [5.74, 6) is -1.21. The number of hydrogen-bond acceptors (Lipinski definition) is 9. The molecule has 1 fully saturated rings. The number of fused-ring (bicyclic) bond motifs is 3. The molecular weight excluding hydrogens is 472 g/mol. The lowest BCUT2D eigenvalue weighted by Gasteiger charge is -2.37. The number of rotatable bonds is 6. The highest BCUT2D eigenvalue weighted by atomic mass is 16.5. The number of carboxylic acids is 2. The van der Waals surface area contributed by atoms with Crippen LogP contribution in [0.1, 0.15) is 48.8 Å². The smallest absolute Gasteiger partial charge is 0.414 e. The molecule has 0 unspecified atom stereocenters. The van der Waals surface area contributed by atoms with Gasteiger partial charge in [0.1, 0.15) is 0 Å². The van der Waals surface area contributed by atoms with Gasteiger partial charge in [-0.3, -0.25) is 4.99 Å². The molecule has 4 rings (SSSR count). The fourth-order valence-corrected chi connectivity index (χ4v) is 4.46. The van der Waals surface area contributed by atoms with Crippen molar-refractivity contribution in [3.63, 3.8) is 0 Å². The molecule has 11 heteroatoms. The van der Waals surface area contributed by atoms with Gasteiger partial charge in [0.15, 0.2) is 11.5 Å². The van der Waals surface area contributed by atoms with Crippen LogP contribution in [0.2, 0.25) is 0 Å². The van der Waals surface area contributed by atoms with Crippen LogP contribution in [0, 0.1) is 0 Å². The first kappa shape index (κ1) is 26.7. The fraction of sp³-hybridized carbons (Fsp3) is 0.440. The van der Waals surface area contributed by atoms with Crippen molar-refractivity contribution in [1.82, 2.24) is 4.98 Å². The van der Waals surface area contributed by atoms with Crippen molar-refractivity contribution in [3.05, 3.63) is 41.0 Å². The Morgan fingerprint density at radius 3 is 2.28 bits per heavy atom. The van der Waals surface area contributed by atoms with Gasteiger partial charge in [-0.05, 0) is 49.9 Å². The maximum atomic E-state index is 10.3. The van der Waals surface area contributed by atoms with Gasteiger partial charge < -0.3 is 34.3 Å². The Balaban J connectivity index is 0.000000538. The van der Waals surface area contributed by atoms with Gasteiger partial charge in [-0.2, -0.15) is 4.98 Å². The Morgan fingerprint density at radius 1 is 0.972 bits per heavy atom. The standard InChI is InChI=1S/C23H28N2O5.C2H2O4/c1-5-30-20-11-15-16-10-13(26)6-8-18(16)24-22(17(15)12-19(20)27-2)14-7-9-21(28-3)25-23(14)29-4;3-1(4)2(5)6/h7,9,11-13,16,18,26H,5-6,8,10H2,1-4H3;(H,3,4)(H,5,6)/t13-,16-,18-;/m1./s1. The normalized spacial score (nSPS) is 19.9. The van der Waals surface area contributed by atoms with E-state index in [2.05, 4.69) is 4.98 Å². The summed E-state index contributed by atoms with van der Waals surface area (Å²) in [7, 11) is 4.80. The topological polar surface area (TPSA) is 157 Å². The predicted molar refractivity (Wildman–Crippen MR) is 129 cm³/mol. The Morgan fingerprint density at radius 2 is 1.69 bits per heavy atom. The molecule has 0 bridgehead atoms. The van der Waals surface area contributed by atoms with E-state index < -0.39 is 11.9 Å². The van der Waals surface area contributed by atoms with Crippen molar-refractivity contribution in [2.45, 2.75) is 44.2 Å². The number of pyridine rings is 1. The summed E-state index contributed by atoms with van der Waals surface area (Å²) in [6.07, 6.45) is 1.95. The molecule has 11 nitrogen and oxygen atoms in total. The zero-order chi connectivity index (χ0) is 26.4. The second-order valence-corrected chi connectivity index (χ2v) is 8.16. The summed E-state index contributed by atoms with van der Waals surface area (Å²) in [6, 6.07) is 7.84. The first-order valence-electron chi connectivity index (χ1n) is 11.4. The van der Waals surface area contributed by atoms with E-state index in [0.29, 0.717) is 36.3 Å². The molecule has 2 aliphatic rings. The molecule has 1 saturated carbocycles. The van der Waals surface area contributed by atoms with E-state index in [1.165, 1.54) is 0 Å². The van der Waals surface area contributed by atoms with Crippen molar-refractivity contribution < 1.29 is 43.9 Å². The number of carboxylic acid groups (broad SMARTS) is 2. The van der Waals surface area contributed by atoms with E-state index in [0.717, 1.165) is 35.2 Å². The van der Waals surface area contributed by atoms with Crippen LogP contribution in [0.15, 0.2) is 29.3 Å². The number of hydrogen-bond donors (Lipinski definition) is 3. The first-order chi connectivity index (χ1) is 17.2. The monoisotopic (exact) mass is 502 g/mol. The second kappa shape index (κ2) is 11.7. The van der Waals surface area contributed by atoms with Gasteiger partial charge in [0.05, 0.1) is 51.4 Å². The summed E-state index contributed by atoms with van der Waals surface area (Å²) >= 11 is 0. The quantitative estimate of drug-likeness (QED) is 0.501. The molecule has 3 N–H and O–H groups in total. The average molecular weight is 503 g/mol. The Labute approximate surface area is 208 Å². The number of aliphatic hydroxyl groups excluding tert-OH is 1. The van der Waals surface area contributed by atoms with Gasteiger partial charge in [-0.1, -0.05) is 0 Å². The highest BCUT2D eigenvalue weighted by molar-refractivity contribution is 6.27. The van der Waals surface area contributed by atoms with E-state index >= 15 is 0 Å². The van der Waals surface area contributed by atoms with Gasteiger partial charge >= 0.3 is 11.9 Å². The van der Waals surface area contributed by atoms with Gasteiger partial charge in [0.25, 0.3) is 0 Å². The molecule has 1 aromatic carbocycles. The van der Waals surface area contributed by atoms with Gasteiger partial charge in [-0.15, -0.1) is 0 Å². The van der Waals surface area contributed by atoms with E-state index in [9.17, 15) is 5.11 Å². The zero-order valence-electron chi connectivity index (χ0n) is 20.6. The minimum atomic E-state index is -1.82. The lowest BCUT2D eigenvalue weighted by atomic mass is 9.74. The summed E-state index contributed by atoms with van der Waals surface area (Å²) in [4.78, 5) is 27.8. The number of aliphatic hydroxyl groups is 1. The molecule has 2 heterocycles.